The van der Waals surface area contributed by atoms with E-state index in [-0.39, 0.29) is 11.7 Å². The summed E-state index contributed by atoms with van der Waals surface area (Å²) >= 11 is 0. The summed E-state index contributed by atoms with van der Waals surface area (Å²) in [6.07, 6.45) is 0.647. The van der Waals surface area contributed by atoms with Gasteiger partial charge in [-0.3, -0.25) is 4.79 Å². The van der Waals surface area contributed by atoms with E-state index in [9.17, 15) is 18.8 Å². The number of carbonyl (C=O) groups is 3. The molecular formula is C19H22FNO6. The third-order valence-corrected chi connectivity index (χ3v) is 4.40. The number of methoxy groups -OCH3 is 1. The van der Waals surface area contributed by atoms with Crippen molar-refractivity contribution < 1.29 is 32.7 Å². The summed E-state index contributed by atoms with van der Waals surface area (Å²) in [6.45, 7) is 4.68. The molecule has 0 aliphatic carbocycles. The number of benzene rings is 1. The van der Waals surface area contributed by atoms with E-state index < -0.39 is 36.3 Å². The standard InChI is InChI=1S/C19H22FNO6/c1-5-10(2)16(18(23)25-4)21-15(22)9-26-19(24)17-11(3)13-8-12(20)6-7-14(13)27-17/h6-8,10,16H,5,9H2,1-4H3,(H,21,22)/t10-,16+/m1/s1. The summed E-state index contributed by atoms with van der Waals surface area (Å²) in [5.74, 6) is -2.76. The van der Waals surface area contributed by atoms with Gasteiger partial charge >= 0.3 is 11.9 Å². The summed E-state index contributed by atoms with van der Waals surface area (Å²) in [4.78, 5) is 36.1. The van der Waals surface area contributed by atoms with Gasteiger partial charge in [0.2, 0.25) is 5.76 Å². The molecule has 1 aromatic heterocycles. The van der Waals surface area contributed by atoms with Crippen LogP contribution in [0.3, 0.4) is 0 Å². The van der Waals surface area contributed by atoms with Gasteiger partial charge in [0, 0.05) is 10.9 Å². The van der Waals surface area contributed by atoms with Crippen LogP contribution in [0.2, 0.25) is 0 Å². The van der Waals surface area contributed by atoms with Crippen LogP contribution in [0.1, 0.15) is 36.4 Å². The number of rotatable bonds is 7. The Hall–Kier alpha value is -2.90. The number of esters is 2. The van der Waals surface area contributed by atoms with Crippen LogP contribution >= 0.6 is 0 Å². The molecule has 0 aliphatic rings. The summed E-state index contributed by atoms with van der Waals surface area (Å²) in [6, 6.07) is 3.05. The van der Waals surface area contributed by atoms with E-state index in [2.05, 4.69) is 10.1 Å². The molecule has 7 nitrogen and oxygen atoms in total. The first-order valence-electron chi connectivity index (χ1n) is 8.51. The van der Waals surface area contributed by atoms with Gasteiger partial charge in [-0.15, -0.1) is 0 Å². The minimum absolute atomic E-state index is 0.102. The molecule has 1 heterocycles. The van der Waals surface area contributed by atoms with Crippen LogP contribution in [0.15, 0.2) is 22.6 Å². The molecule has 0 saturated carbocycles. The van der Waals surface area contributed by atoms with E-state index in [0.29, 0.717) is 23.0 Å². The number of hydrogen-bond acceptors (Lipinski definition) is 6. The second-order valence-electron chi connectivity index (χ2n) is 6.23. The van der Waals surface area contributed by atoms with E-state index in [1.807, 2.05) is 6.92 Å². The lowest BCUT2D eigenvalue weighted by molar-refractivity contribution is -0.147. The van der Waals surface area contributed by atoms with Gasteiger partial charge < -0.3 is 19.2 Å². The van der Waals surface area contributed by atoms with Gasteiger partial charge in [0.25, 0.3) is 5.91 Å². The number of halogens is 1. The number of carbonyl (C=O) groups excluding carboxylic acids is 3. The molecule has 2 rings (SSSR count). The average Bonchev–Trinajstić information content (AvgIpc) is 2.99. The van der Waals surface area contributed by atoms with Crippen molar-refractivity contribution in [3.8, 4) is 0 Å². The van der Waals surface area contributed by atoms with Crippen LogP contribution in [0.4, 0.5) is 4.39 Å². The van der Waals surface area contributed by atoms with E-state index in [4.69, 9.17) is 9.15 Å². The van der Waals surface area contributed by atoms with Gasteiger partial charge in [-0.1, -0.05) is 20.3 Å². The molecule has 8 heteroatoms. The number of fused-ring (bicyclic) bond motifs is 1. The van der Waals surface area contributed by atoms with Crippen molar-refractivity contribution in [1.82, 2.24) is 5.32 Å². The first-order chi connectivity index (χ1) is 12.8. The lowest BCUT2D eigenvalue weighted by atomic mass is 9.99. The molecule has 27 heavy (non-hydrogen) atoms. The molecule has 2 aromatic rings. The molecule has 0 bridgehead atoms. The van der Waals surface area contributed by atoms with Gasteiger partial charge in [0.1, 0.15) is 17.4 Å². The largest absolute Gasteiger partial charge is 0.467 e. The second-order valence-corrected chi connectivity index (χ2v) is 6.23. The Morgan fingerprint density at radius 3 is 2.63 bits per heavy atom. The predicted molar refractivity (Wildman–Crippen MR) is 94.6 cm³/mol. The Kier molecular flexibility index (Phi) is 6.55. The third kappa shape index (κ3) is 4.64. The first-order valence-corrected chi connectivity index (χ1v) is 8.51. The van der Waals surface area contributed by atoms with Crippen LogP contribution in [0.5, 0.6) is 0 Å². The number of furan rings is 1. The van der Waals surface area contributed by atoms with Gasteiger partial charge in [-0.05, 0) is 31.0 Å². The van der Waals surface area contributed by atoms with Crippen molar-refractivity contribution in [1.29, 1.82) is 0 Å². The number of ether oxygens (including phenoxy) is 2. The maximum atomic E-state index is 13.3. The van der Waals surface area contributed by atoms with Gasteiger partial charge in [0.05, 0.1) is 7.11 Å². The quantitative estimate of drug-likeness (QED) is 0.744. The number of hydrogen-bond donors (Lipinski definition) is 1. The summed E-state index contributed by atoms with van der Waals surface area (Å²) in [7, 11) is 1.23. The molecule has 0 radical (unpaired) electrons. The Morgan fingerprint density at radius 2 is 2.00 bits per heavy atom. The van der Waals surface area contributed by atoms with Crippen LogP contribution in [0.25, 0.3) is 11.0 Å². The summed E-state index contributed by atoms with van der Waals surface area (Å²) in [5.41, 5.74) is 0.759. The number of nitrogens with one attached hydrogen (secondary N) is 1. The van der Waals surface area contributed by atoms with Crippen LogP contribution in [-0.2, 0) is 19.1 Å². The molecular weight excluding hydrogens is 357 g/mol. The maximum absolute atomic E-state index is 13.3. The van der Waals surface area contributed by atoms with Gasteiger partial charge in [0.15, 0.2) is 6.61 Å². The summed E-state index contributed by atoms with van der Waals surface area (Å²) in [5, 5.41) is 2.96. The minimum Gasteiger partial charge on any atom is -0.467 e. The summed E-state index contributed by atoms with van der Waals surface area (Å²) < 4.78 is 28.4. The van der Waals surface area contributed by atoms with Gasteiger partial charge in [-0.25, -0.2) is 14.0 Å². The molecule has 0 aliphatic heterocycles. The number of aryl methyl sites for hydroxylation is 1. The molecule has 0 fully saturated rings. The molecule has 146 valence electrons. The fourth-order valence-corrected chi connectivity index (χ4v) is 2.60. The lowest BCUT2D eigenvalue weighted by Crippen LogP contribution is -2.47. The fraction of sp³-hybridized carbons (Fsp3) is 0.421. The Labute approximate surface area is 155 Å². The van der Waals surface area contributed by atoms with Crippen molar-refractivity contribution in [2.75, 3.05) is 13.7 Å². The van der Waals surface area contributed by atoms with Crippen molar-refractivity contribution >= 4 is 28.8 Å². The molecule has 0 spiro atoms. The zero-order chi connectivity index (χ0) is 20.1. The molecule has 1 amide bonds. The highest BCUT2D eigenvalue weighted by atomic mass is 19.1. The number of amides is 1. The molecule has 1 aromatic carbocycles. The smallest absolute Gasteiger partial charge is 0.375 e. The highest BCUT2D eigenvalue weighted by Gasteiger charge is 2.27. The van der Waals surface area contributed by atoms with Crippen LogP contribution in [-0.4, -0.2) is 37.6 Å². The third-order valence-electron chi connectivity index (χ3n) is 4.40. The van der Waals surface area contributed by atoms with E-state index in [1.165, 1.54) is 25.3 Å². The SMILES string of the molecule is CC[C@@H](C)[C@H](NC(=O)COC(=O)c1oc2ccc(F)cc2c1C)C(=O)OC. The molecule has 1 N–H and O–H groups in total. The zero-order valence-electron chi connectivity index (χ0n) is 15.6. The van der Waals surface area contributed by atoms with E-state index >= 15 is 0 Å². The van der Waals surface area contributed by atoms with E-state index in [0.717, 1.165) is 0 Å². The van der Waals surface area contributed by atoms with Crippen molar-refractivity contribution in [2.24, 2.45) is 5.92 Å². The monoisotopic (exact) mass is 379 g/mol. The maximum Gasteiger partial charge on any atom is 0.375 e. The second kappa shape index (κ2) is 8.66. The molecule has 0 saturated heterocycles. The highest BCUT2D eigenvalue weighted by Crippen LogP contribution is 2.26. The Morgan fingerprint density at radius 1 is 1.30 bits per heavy atom. The Balaban J connectivity index is 2.03. The normalized spacial score (nSPS) is 13.1. The minimum atomic E-state index is -0.850. The lowest BCUT2D eigenvalue weighted by Gasteiger charge is -2.21. The highest BCUT2D eigenvalue weighted by molar-refractivity contribution is 5.97. The predicted octanol–water partition coefficient (Wildman–Crippen LogP) is 2.74. The molecule has 2 atom stereocenters. The van der Waals surface area contributed by atoms with Crippen molar-refractivity contribution in [2.45, 2.75) is 33.2 Å². The van der Waals surface area contributed by atoms with Crippen molar-refractivity contribution in [3.63, 3.8) is 0 Å². The average molecular weight is 379 g/mol. The Bertz CT molecular complexity index is 859. The van der Waals surface area contributed by atoms with Crippen molar-refractivity contribution in [3.05, 3.63) is 35.3 Å². The first kappa shape index (κ1) is 20.4. The topological polar surface area (TPSA) is 94.8 Å². The van der Waals surface area contributed by atoms with Crippen LogP contribution < -0.4 is 5.32 Å². The molecule has 0 unspecified atom stereocenters. The van der Waals surface area contributed by atoms with Gasteiger partial charge in [-0.2, -0.15) is 0 Å². The van der Waals surface area contributed by atoms with Crippen LogP contribution in [0, 0.1) is 18.7 Å². The fourth-order valence-electron chi connectivity index (χ4n) is 2.60. The zero-order valence-corrected chi connectivity index (χ0v) is 15.6. The van der Waals surface area contributed by atoms with E-state index in [1.54, 1.807) is 13.8 Å².